The van der Waals surface area contributed by atoms with E-state index >= 15 is 0 Å². The molecule has 0 spiro atoms. The molecule has 0 bridgehead atoms. The van der Waals surface area contributed by atoms with Crippen LogP contribution in [-0.4, -0.2) is 20.4 Å². The van der Waals surface area contributed by atoms with Crippen molar-refractivity contribution < 1.29 is 106 Å². The molecule has 0 fully saturated rings. The van der Waals surface area contributed by atoms with Crippen molar-refractivity contribution in [2.75, 3.05) is 0 Å². The Morgan fingerprint density at radius 2 is 1.47 bits per heavy atom. The predicted molar refractivity (Wildman–Crippen MR) is 43.1 cm³/mol. The zero-order valence-electron chi connectivity index (χ0n) is 7.49. The smallest absolute Gasteiger partial charge is 1.00 e. The molecule has 0 aliphatic rings. The fourth-order valence-corrected chi connectivity index (χ4v) is 0.840. The number of hydrogen-bond donors (Lipinski definition) is 3. The number of aromatic hydroxyl groups is 3. The van der Waals surface area contributed by atoms with Crippen LogP contribution in [0.4, 0.5) is 0 Å². The zero-order valence-corrected chi connectivity index (χ0v) is 13.7. The summed E-state index contributed by atoms with van der Waals surface area (Å²) in [5.41, 5.74) is -0.0298. The van der Waals surface area contributed by atoms with E-state index in [4.69, 9.17) is 15.3 Å². The van der Waals surface area contributed by atoms with Gasteiger partial charge in [-0.25, -0.2) is 0 Å². The Labute approximate surface area is 156 Å². The van der Waals surface area contributed by atoms with Crippen LogP contribution in [0.2, 0.25) is 0 Å². The third-order valence-electron chi connectivity index (χ3n) is 1.31. The third kappa shape index (κ3) is 5.88. The van der Waals surface area contributed by atoms with Crippen LogP contribution in [-0.2, 0) is 35.0 Å². The molecule has 15 heavy (non-hydrogen) atoms. The zero-order chi connectivity index (χ0) is 9.30. The van der Waals surface area contributed by atoms with Gasteiger partial charge in [0.25, 0.3) is 0 Å². The maximum atomic E-state index is 10.6. The van der Waals surface area contributed by atoms with Crippen LogP contribution in [0.5, 0.6) is 17.2 Å². The summed E-state index contributed by atoms with van der Waals surface area (Å²) in [7, 11) is 0. The molecule has 0 atom stereocenters. The first-order valence-electron chi connectivity index (χ1n) is 2.98. The molecular weight excluding hydrogens is 363 g/mol. The van der Waals surface area contributed by atoms with Crippen molar-refractivity contribution in [1.29, 1.82) is 0 Å². The van der Waals surface area contributed by atoms with Crippen LogP contribution in [0.3, 0.4) is 0 Å². The van der Waals surface area contributed by atoms with Gasteiger partial charge in [-0.1, -0.05) is 0 Å². The summed E-state index contributed by atoms with van der Waals surface area (Å²) in [6.45, 7) is 0. The number of halogens is 1. The van der Waals surface area contributed by atoms with Crippen LogP contribution in [0.25, 0.3) is 0 Å². The van der Waals surface area contributed by atoms with E-state index in [1.807, 2.05) is 0 Å². The molecule has 0 heterocycles. The Kier molecular flexibility index (Phi) is 13.2. The van der Waals surface area contributed by atoms with Crippen molar-refractivity contribution in [2.24, 2.45) is 0 Å². The van der Waals surface area contributed by atoms with Crippen molar-refractivity contribution in [1.82, 2.24) is 0 Å². The standard InChI is InChI=1S/C7H6O4S.Ag.ClH.K/c8-4-1-3(7(11)12)2-5(9)6(4)10;;;/h1-2,8-10H,(H,11,12);;1H;/q;+1;;+1/p-2. The van der Waals surface area contributed by atoms with Crippen LogP contribution < -0.4 is 63.8 Å². The fraction of sp³-hybridized carbons (Fsp3) is 0. The van der Waals surface area contributed by atoms with E-state index in [2.05, 4.69) is 12.6 Å². The topological polar surface area (TPSA) is 77.8 Å². The summed E-state index contributed by atoms with van der Waals surface area (Å²) in [4.78, 5) is 10.6. The number of carbonyl (C=O) groups excluding carboxylic acids is 1. The SMILES string of the molecule is O=C([S-])c1cc(O)c(O)c(O)c1.[Ag+].[Cl-].[K+]. The van der Waals surface area contributed by atoms with Crippen molar-refractivity contribution in [3.8, 4) is 17.2 Å². The molecule has 8 heteroatoms. The van der Waals surface area contributed by atoms with Gasteiger partial charge < -0.3 is 45.1 Å². The minimum Gasteiger partial charge on any atom is -1.00 e. The molecule has 0 saturated carbocycles. The van der Waals surface area contributed by atoms with Crippen LogP contribution in [0, 0.1) is 0 Å². The van der Waals surface area contributed by atoms with Crippen LogP contribution in [0.1, 0.15) is 10.4 Å². The van der Waals surface area contributed by atoms with Gasteiger partial charge in [0.1, 0.15) is 0 Å². The maximum Gasteiger partial charge on any atom is 1.00 e. The average Bonchev–Trinajstić information content (AvgIpc) is 1.99. The molecular formula is C7H5AgClKO4S. The minimum atomic E-state index is -0.708. The number of rotatable bonds is 1. The second kappa shape index (κ2) is 9.23. The third-order valence-corrected chi connectivity index (χ3v) is 1.54. The Hall–Kier alpha value is 1.18. The van der Waals surface area contributed by atoms with Gasteiger partial charge in [0, 0.05) is 10.7 Å². The fourth-order valence-electron chi connectivity index (χ4n) is 0.722. The Balaban J connectivity index is -0.000000480. The van der Waals surface area contributed by atoms with Gasteiger partial charge >= 0.3 is 73.8 Å². The first kappa shape index (κ1) is 21.5. The molecule has 0 unspecified atom stereocenters. The molecule has 82 valence electrons. The first-order valence-corrected chi connectivity index (χ1v) is 3.39. The normalized spacial score (nSPS) is 7.73. The summed E-state index contributed by atoms with van der Waals surface area (Å²) < 4.78 is 0. The Bertz CT molecular complexity index is 327. The largest absolute Gasteiger partial charge is 1.00 e. The van der Waals surface area contributed by atoms with Gasteiger partial charge in [0.15, 0.2) is 17.2 Å². The van der Waals surface area contributed by atoms with Gasteiger partial charge in [0.05, 0.1) is 0 Å². The Morgan fingerprint density at radius 1 is 1.13 bits per heavy atom. The number of hydrogen-bond acceptors (Lipinski definition) is 5. The van der Waals surface area contributed by atoms with E-state index in [0.29, 0.717) is 0 Å². The summed E-state index contributed by atoms with van der Waals surface area (Å²) in [6, 6.07) is 1.98. The van der Waals surface area contributed by atoms with Crippen LogP contribution >= 0.6 is 0 Å². The monoisotopic (exact) mass is 366 g/mol. The summed E-state index contributed by atoms with van der Waals surface area (Å²) in [5, 5.41) is 26.0. The van der Waals surface area contributed by atoms with Gasteiger partial charge in [-0.3, -0.25) is 0 Å². The Morgan fingerprint density at radius 3 is 1.73 bits per heavy atom. The van der Waals surface area contributed by atoms with Crippen molar-refractivity contribution in [2.45, 2.75) is 0 Å². The van der Waals surface area contributed by atoms with Gasteiger partial charge in [0.2, 0.25) is 0 Å². The minimum absolute atomic E-state index is 0. The van der Waals surface area contributed by atoms with Gasteiger partial charge in [-0.2, -0.15) is 0 Å². The summed E-state index contributed by atoms with van der Waals surface area (Å²) in [6.07, 6.45) is 0. The molecule has 4 nitrogen and oxygen atoms in total. The molecule has 0 amide bonds. The van der Waals surface area contributed by atoms with Gasteiger partial charge in [-0.15, -0.1) is 0 Å². The average molecular weight is 368 g/mol. The van der Waals surface area contributed by atoms with E-state index < -0.39 is 22.4 Å². The van der Waals surface area contributed by atoms with E-state index in [-0.39, 0.29) is 91.7 Å². The van der Waals surface area contributed by atoms with Crippen molar-refractivity contribution in [3.63, 3.8) is 0 Å². The van der Waals surface area contributed by atoms with E-state index in [1.54, 1.807) is 0 Å². The van der Waals surface area contributed by atoms with E-state index in [1.165, 1.54) is 0 Å². The van der Waals surface area contributed by atoms with Crippen molar-refractivity contribution in [3.05, 3.63) is 17.7 Å². The van der Waals surface area contributed by atoms with E-state index in [0.717, 1.165) is 12.1 Å². The molecule has 1 aromatic rings. The van der Waals surface area contributed by atoms with Gasteiger partial charge in [-0.05, 0) is 12.1 Å². The summed E-state index contributed by atoms with van der Waals surface area (Å²) in [5.74, 6) is -1.79. The second-order valence-electron chi connectivity index (χ2n) is 2.15. The quantitative estimate of drug-likeness (QED) is 0.262. The number of carbonyl (C=O) groups is 1. The first-order chi connectivity index (χ1) is 5.52. The number of phenols is 3. The molecule has 1 aromatic carbocycles. The molecule has 3 N–H and O–H groups in total. The number of benzene rings is 1. The molecule has 0 aliphatic heterocycles. The molecule has 0 saturated heterocycles. The predicted octanol–water partition coefficient (Wildman–Crippen LogP) is -5.50. The number of phenolic OH excluding ortho intramolecular Hbond substituents is 3. The van der Waals surface area contributed by atoms with E-state index in [9.17, 15) is 4.79 Å². The maximum absolute atomic E-state index is 10.6. The van der Waals surface area contributed by atoms with Crippen molar-refractivity contribution >= 4 is 17.7 Å². The van der Waals surface area contributed by atoms with Crippen LogP contribution in [0.15, 0.2) is 12.1 Å². The molecule has 0 radical (unpaired) electrons. The molecule has 0 aliphatic carbocycles. The molecule has 0 aromatic heterocycles. The molecule has 1 rings (SSSR count). The summed E-state index contributed by atoms with van der Waals surface area (Å²) >= 11 is 4.27. The second-order valence-corrected chi connectivity index (χ2v) is 2.52.